The van der Waals surface area contributed by atoms with E-state index in [2.05, 4.69) is 29.4 Å². The van der Waals surface area contributed by atoms with Crippen LogP contribution in [0, 0.1) is 0 Å². The van der Waals surface area contributed by atoms with Gasteiger partial charge in [0.05, 0.1) is 6.26 Å². The number of fused-ring (bicyclic) bond motifs is 1. The van der Waals surface area contributed by atoms with Gasteiger partial charge in [0.2, 0.25) is 0 Å². The number of aromatic amines is 1. The third kappa shape index (κ3) is 2.03. The number of carbonyl (C=O) groups is 1. The number of furan rings is 1. The second-order valence-corrected chi connectivity index (χ2v) is 6.17. The summed E-state index contributed by atoms with van der Waals surface area (Å²) in [5.41, 5.74) is 2.56. The summed E-state index contributed by atoms with van der Waals surface area (Å²) in [5.74, 6) is 0.341. The molecule has 112 valence electrons. The number of nitrogens with zero attached hydrogens (tertiary/aromatic N) is 1. The largest absolute Gasteiger partial charge is 0.459 e. The van der Waals surface area contributed by atoms with Gasteiger partial charge < -0.3 is 14.3 Å². The first-order valence-electron chi connectivity index (χ1n) is 7.55. The van der Waals surface area contributed by atoms with Crippen LogP contribution in [0.25, 0.3) is 10.9 Å². The number of likely N-dealkylation sites (N-methyl/N-ethyl adjacent to an activating group) is 1. The number of para-hydroxylation sites is 1. The van der Waals surface area contributed by atoms with Gasteiger partial charge in [-0.05, 0) is 36.6 Å². The molecule has 1 amide bonds. The Morgan fingerprint density at radius 1 is 1.27 bits per heavy atom. The molecule has 2 heterocycles. The van der Waals surface area contributed by atoms with Gasteiger partial charge >= 0.3 is 0 Å². The Morgan fingerprint density at radius 3 is 2.82 bits per heavy atom. The van der Waals surface area contributed by atoms with Gasteiger partial charge in [0.1, 0.15) is 0 Å². The minimum absolute atomic E-state index is 0.0592. The van der Waals surface area contributed by atoms with Crippen LogP contribution in [0.5, 0.6) is 0 Å². The van der Waals surface area contributed by atoms with E-state index in [1.807, 2.05) is 13.1 Å². The Morgan fingerprint density at radius 2 is 2.09 bits per heavy atom. The predicted octanol–water partition coefficient (Wildman–Crippen LogP) is 3.56. The number of H-pyrrole nitrogens is 1. The van der Waals surface area contributed by atoms with E-state index in [-0.39, 0.29) is 11.3 Å². The molecule has 4 nitrogen and oxygen atoms in total. The van der Waals surface area contributed by atoms with Crippen LogP contribution in [0.3, 0.4) is 0 Å². The van der Waals surface area contributed by atoms with E-state index >= 15 is 0 Å². The highest BCUT2D eigenvalue weighted by atomic mass is 16.3. The Bertz CT molecular complexity index is 813. The van der Waals surface area contributed by atoms with E-state index in [0.717, 1.165) is 18.4 Å². The molecule has 1 fully saturated rings. The molecule has 1 aliphatic rings. The summed E-state index contributed by atoms with van der Waals surface area (Å²) in [6.07, 6.45) is 5.87. The van der Waals surface area contributed by atoms with Crippen molar-refractivity contribution in [3.8, 4) is 0 Å². The highest BCUT2D eigenvalue weighted by Crippen LogP contribution is 2.50. The third-order valence-electron chi connectivity index (χ3n) is 4.63. The molecular weight excluding hydrogens is 276 g/mol. The van der Waals surface area contributed by atoms with Gasteiger partial charge in [-0.2, -0.15) is 0 Å². The Labute approximate surface area is 128 Å². The molecule has 1 aromatic carbocycles. The normalized spacial score (nSPS) is 15.9. The molecule has 22 heavy (non-hydrogen) atoms. The number of rotatable bonds is 4. The van der Waals surface area contributed by atoms with E-state index < -0.39 is 0 Å². The van der Waals surface area contributed by atoms with Crippen LogP contribution < -0.4 is 0 Å². The van der Waals surface area contributed by atoms with Crippen LogP contribution in [0.4, 0.5) is 0 Å². The minimum Gasteiger partial charge on any atom is -0.459 e. The monoisotopic (exact) mass is 294 g/mol. The quantitative estimate of drug-likeness (QED) is 0.799. The molecule has 1 N–H and O–H groups in total. The zero-order valence-corrected chi connectivity index (χ0v) is 12.5. The number of carbonyl (C=O) groups excluding carboxylic acids is 1. The first-order valence-corrected chi connectivity index (χ1v) is 7.55. The highest BCUT2D eigenvalue weighted by Gasteiger charge is 2.47. The lowest BCUT2D eigenvalue weighted by molar-refractivity contribution is 0.0750. The SMILES string of the molecule is CN(CC1(c2c[nH]c3ccccc23)CC1)C(=O)c1ccco1. The lowest BCUT2D eigenvalue weighted by Gasteiger charge is -2.23. The van der Waals surface area contributed by atoms with Gasteiger partial charge in [-0.25, -0.2) is 0 Å². The Kier molecular flexibility index (Phi) is 2.86. The second kappa shape index (κ2) is 4.77. The maximum absolute atomic E-state index is 12.4. The van der Waals surface area contributed by atoms with Crippen molar-refractivity contribution < 1.29 is 9.21 Å². The summed E-state index contributed by atoms with van der Waals surface area (Å²) in [6.45, 7) is 0.717. The molecule has 4 rings (SSSR count). The van der Waals surface area contributed by atoms with Crippen molar-refractivity contribution in [1.82, 2.24) is 9.88 Å². The molecule has 0 spiro atoms. The molecular formula is C18H18N2O2. The van der Waals surface area contributed by atoms with Crippen molar-refractivity contribution >= 4 is 16.8 Å². The zero-order valence-electron chi connectivity index (χ0n) is 12.5. The Hall–Kier alpha value is -2.49. The highest BCUT2D eigenvalue weighted by molar-refractivity contribution is 5.91. The summed E-state index contributed by atoms with van der Waals surface area (Å²) in [5, 5.41) is 1.26. The standard InChI is InChI=1S/C18H18N2O2/c1-20(17(21)16-7-4-10-22-16)12-18(8-9-18)14-11-19-15-6-3-2-5-13(14)15/h2-7,10-11,19H,8-9,12H2,1H3. The van der Waals surface area contributed by atoms with Gasteiger partial charge in [-0.1, -0.05) is 18.2 Å². The fourth-order valence-corrected chi connectivity index (χ4v) is 3.29. The van der Waals surface area contributed by atoms with E-state index in [4.69, 9.17) is 4.42 Å². The van der Waals surface area contributed by atoms with E-state index in [0.29, 0.717) is 12.3 Å². The number of hydrogen-bond donors (Lipinski definition) is 1. The van der Waals surface area contributed by atoms with Crippen LogP contribution in [-0.2, 0) is 5.41 Å². The van der Waals surface area contributed by atoms with E-state index in [1.165, 1.54) is 17.2 Å². The second-order valence-electron chi connectivity index (χ2n) is 6.17. The first-order chi connectivity index (χ1) is 10.7. The molecule has 1 aliphatic carbocycles. The summed E-state index contributed by atoms with van der Waals surface area (Å²) >= 11 is 0. The molecule has 2 aromatic heterocycles. The number of aromatic nitrogens is 1. The summed E-state index contributed by atoms with van der Waals surface area (Å²) in [4.78, 5) is 17.5. The molecule has 0 atom stereocenters. The maximum Gasteiger partial charge on any atom is 0.289 e. The van der Waals surface area contributed by atoms with Crippen LogP contribution in [0.15, 0.2) is 53.3 Å². The molecule has 0 aliphatic heterocycles. The molecule has 0 radical (unpaired) electrons. The van der Waals surface area contributed by atoms with Crippen molar-refractivity contribution in [3.63, 3.8) is 0 Å². The molecule has 1 saturated carbocycles. The van der Waals surface area contributed by atoms with Gasteiger partial charge in [-0.3, -0.25) is 4.79 Å². The lowest BCUT2D eigenvalue weighted by atomic mass is 9.95. The molecule has 0 saturated heterocycles. The van der Waals surface area contributed by atoms with Crippen LogP contribution in [0.2, 0.25) is 0 Å². The summed E-state index contributed by atoms with van der Waals surface area (Å²) in [6, 6.07) is 11.8. The zero-order chi connectivity index (χ0) is 15.2. The van der Waals surface area contributed by atoms with Crippen LogP contribution >= 0.6 is 0 Å². The summed E-state index contributed by atoms with van der Waals surface area (Å²) in [7, 11) is 1.85. The smallest absolute Gasteiger partial charge is 0.289 e. The average molecular weight is 294 g/mol. The molecule has 3 aromatic rings. The fourth-order valence-electron chi connectivity index (χ4n) is 3.29. The minimum atomic E-state index is -0.0592. The van der Waals surface area contributed by atoms with Gasteiger partial charge in [-0.15, -0.1) is 0 Å². The average Bonchev–Trinajstić information content (AvgIpc) is 2.97. The van der Waals surface area contributed by atoms with Gasteiger partial charge in [0.25, 0.3) is 5.91 Å². The van der Waals surface area contributed by atoms with E-state index in [1.54, 1.807) is 17.0 Å². The van der Waals surface area contributed by atoms with Crippen LogP contribution in [0.1, 0.15) is 29.0 Å². The first kappa shape index (κ1) is 13.2. The maximum atomic E-state index is 12.4. The molecule has 4 heteroatoms. The van der Waals surface area contributed by atoms with Crippen LogP contribution in [-0.4, -0.2) is 29.4 Å². The van der Waals surface area contributed by atoms with Crippen molar-refractivity contribution in [2.75, 3.05) is 13.6 Å². The lowest BCUT2D eigenvalue weighted by Crippen LogP contribution is -2.34. The molecule has 0 unspecified atom stereocenters. The Balaban J connectivity index is 1.61. The number of benzene rings is 1. The predicted molar refractivity (Wildman–Crippen MR) is 84.9 cm³/mol. The molecule has 0 bridgehead atoms. The number of amides is 1. The van der Waals surface area contributed by atoms with Crippen molar-refractivity contribution in [3.05, 3.63) is 60.2 Å². The summed E-state index contributed by atoms with van der Waals surface area (Å²) < 4.78 is 5.21. The van der Waals surface area contributed by atoms with E-state index in [9.17, 15) is 4.79 Å². The van der Waals surface area contributed by atoms with Crippen molar-refractivity contribution in [2.24, 2.45) is 0 Å². The number of hydrogen-bond acceptors (Lipinski definition) is 2. The fraction of sp³-hybridized carbons (Fsp3) is 0.278. The van der Waals surface area contributed by atoms with Crippen molar-refractivity contribution in [1.29, 1.82) is 0 Å². The van der Waals surface area contributed by atoms with Gasteiger partial charge in [0.15, 0.2) is 5.76 Å². The third-order valence-corrected chi connectivity index (χ3v) is 4.63. The van der Waals surface area contributed by atoms with Gasteiger partial charge in [0, 0.05) is 36.1 Å². The topological polar surface area (TPSA) is 49.2 Å². The van der Waals surface area contributed by atoms with Crippen molar-refractivity contribution in [2.45, 2.75) is 18.3 Å². The number of nitrogens with one attached hydrogen (secondary N) is 1.